The highest BCUT2D eigenvalue weighted by atomic mass is 32.2. The van der Waals surface area contributed by atoms with E-state index in [1.807, 2.05) is 0 Å². The molecule has 3 rings (SSSR count). The summed E-state index contributed by atoms with van der Waals surface area (Å²) in [7, 11) is -2.49. The Morgan fingerprint density at radius 1 is 1.03 bits per heavy atom. The molecule has 0 spiro atoms. The highest BCUT2D eigenvalue weighted by Crippen LogP contribution is 2.24. The number of aryl methyl sites for hydroxylation is 1. The van der Waals surface area contributed by atoms with Gasteiger partial charge in [-0.15, -0.1) is 0 Å². The Balaban J connectivity index is 1.77. The predicted molar refractivity (Wildman–Crippen MR) is 114 cm³/mol. The molecule has 0 bridgehead atoms. The highest BCUT2D eigenvalue weighted by Gasteiger charge is 2.19. The first-order chi connectivity index (χ1) is 14.3. The van der Waals surface area contributed by atoms with Gasteiger partial charge in [0.25, 0.3) is 10.0 Å². The van der Waals surface area contributed by atoms with Gasteiger partial charge in [-0.2, -0.15) is 0 Å². The lowest BCUT2D eigenvalue weighted by atomic mass is 10.1. The van der Waals surface area contributed by atoms with Crippen LogP contribution in [0.25, 0.3) is 0 Å². The summed E-state index contributed by atoms with van der Waals surface area (Å²) in [6.45, 7) is 1.62. The number of hydrogen-bond donors (Lipinski definition) is 2. The Kier molecular flexibility index (Phi) is 6.37. The molecular weight excluding hydrogens is 407 g/mol. The van der Waals surface area contributed by atoms with Crippen molar-refractivity contribution in [3.8, 4) is 5.75 Å². The van der Waals surface area contributed by atoms with Gasteiger partial charge in [-0.1, -0.05) is 30.3 Å². The van der Waals surface area contributed by atoms with E-state index in [0.29, 0.717) is 17.0 Å². The molecule has 156 valence electrons. The van der Waals surface area contributed by atoms with Crippen LogP contribution in [0.1, 0.15) is 11.1 Å². The van der Waals surface area contributed by atoms with E-state index in [1.54, 1.807) is 50.4 Å². The van der Waals surface area contributed by atoms with Crippen molar-refractivity contribution >= 4 is 27.3 Å². The number of methoxy groups -OCH3 is 1. The van der Waals surface area contributed by atoms with E-state index in [1.165, 1.54) is 30.3 Å². The maximum Gasteiger partial charge on any atom is 0.262 e. The second-order valence-electron chi connectivity index (χ2n) is 6.64. The van der Waals surface area contributed by atoms with Crippen molar-refractivity contribution in [3.05, 3.63) is 83.7 Å². The Bertz CT molecular complexity index is 1160. The van der Waals surface area contributed by atoms with Crippen molar-refractivity contribution in [1.82, 2.24) is 0 Å². The Hall–Kier alpha value is -3.39. The number of benzene rings is 3. The van der Waals surface area contributed by atoms with Gasteiger partial charge in [0.05, 0.1) is 24.1 Å². The molecule has 0 atom stereocenters. The van der Waals surface area contributed by atoms with Crippen molar-refractivity contribution in [2.75, 3.05) is 17.1 Å². The molecule has 0 aliphatic rings. The summed E-state index contributed by atoms with van der Waals surface area (Å²) < 4.78 is 46.7. The SMILES string of the molecule is COc1ccc(CC(=O)Nc2ccc(C)c(S(=O)(=O)Nc3ccccc3F)c2)cc1. The molecule has 0 saturated carbocycles. The fraction of sp³-hybridized carbons (Fsp3) is 0.136. The Morgan fingerprint density at radius 3 is 2.40 bits per heavy atom. The van der Waals surface area contributed by atoms with Gasteiger partial charge < -0.3 is 10.1 Å². The van der Waals surface area contributed by atoms with Crippen molar-refractivity contribution in [3.63, 3.8) is 0 Å². The topological polar surface area (TPSA) is 84.5 Å². The van der Waals surface area contributed by atoms with Crippen molar-refractivity contribution in [2.45, 2.75) is 18.2 Å². The molecule has 0 aromatic heterocycles. The molecule has 0 heterocycles. The van der Waals surface area contributed by atoms with Gasteiger partial charge in [-0.25, -0.2) is 12.8 Å². The standard InChI is InChI=1S/C22H21FN2O4S/c1-15-7-10-17(24-22(26)13-16-8-11-18(29-2)12-9-16)14-21(15)30(27,28)25-20-6-4-3-5-19(20)23/h3-12,14,25H,13H2,1-2H3,(H,24,26). The fourth-order valence-corrected chi connectivity index (χ4v) is 4.18. The van der Waals surface area contributed by atoms with Crippen LogP contribution in [0.15, 0.2) is 71.6 Å². The number of rotatable bonds is 7. The third-order valence-electron chi connectivity index (χ3n) is 4.40. The monoisotopic (exact) mass is 428 g/mol. The minimum atomic E-state index is -4.05. The third-order valence-corrected chi connectivity index (χ3v) is 5.91. The zero-order valence-corrected chi connectivity index (χ0v) is 17.3. The molecular formula is C22H21FN2O4S. The fourth-order valence-electron chi connectivity index (χ4n) is 2.85. The van der Waals surface area contributed by atoms with E-state index in [-0.39, 0.29) is 22.9 Å². The number of sulfonamides is 1. The van der Waals surface area contributed by atoms with E-state index in [2.05, 4.69) is 10.0 Å². The quantitative estimate of drug-likeness (QED) is 0.593. The molecule has 6 nitrogen and oxygen atoms in total. The van der Waals surface area contributed by atoms with Crippen LogP contribution in [0.2, 0.25) is 0 Å². The lowest BCUT2D eigenvalue weighted by Crippen LogP contribution is -2.17. The summed E-state index contributed by atoms with van der Waals surface area (Å²) in [4.78, 5) is 12.3. The summed E-state index contributed by atoms with van der Waals surface area (Å²) in [5.74, 6) is -0.285. The van der Waals surface area contributed by atoms with Gasteiger partial charge >= 0.3 is 0 Å². The largest absolute Gasteiger partial charge is 0.497 e. The maximum atomic E-state index is 13.9. The van der Waals surface area contributed by atoms with Gasteiger partial charge in [0.15, 0.2) is 0 Å². The third kappa shape index (κ3) is 5.15. The van der Waals surface area contributed by atoms with Gasteiger partial charge in [-0.05, 0) is 54.4 Å². The first kappa shape index (κ1) is 21.3. The maximum absolute atomic E-state index is 13.9. The predicted octanol–water partition coefficient (Wildman–Crippen LogP) is 4.12. The average Bonchev–Trinajstić information content (AvgIpc) is 2.71. The molecule has 0 radical (unpaired) electrons. The molecule has 0 aliphatic carbocycles. The molecule has 0 fully saturated rings. The number of carbonyl (C=O) groups excluding carboxylic acids is 1. The van der Waals surface area contributed by atoms with Gasteiger partial charge in [0.1, 0.15) is 11.6 Å². The van der Waals surface area contributed by atoms with Crippen molar-refractivity contribution < 1.29 is 22.3 Å². The minimum absolute atomic E-state index is 0.0481. The summed E-state index contributed by atoms with van der Waals surface area (Å²) >= 11 is 0. The molecule has 0 unspecified atom stereocenters. The lowest BCUT2D eigenvalue weighted by Gasteiger charge is -2.13. The molecule has 30 heavy (non-hydrogen) atoms. The van der Waals surface area contributed by atoms with Crippen LogP contribution >= 0.6 is 0 Å². The smallest absolute Gasteiger partial charge is 0.262 e. The van der Waals surface area contributed by atoms with Crippen molar-refractivity contribution in [1.29, 1.82) is 0 Å². The van der Waals surface area contributed by atoms with E-state index >= 15 is 0 Å². The van der Waals surface area contributed by atoms with Crippen LogP contribution in [0.5, 0.6) is 5.75 Å². The van der Waals surface area contributed by atoms with Crippen LogP contribution in [0.4, 0.5) is 15.8 Å². The average molecular weight is 428 g/mol. The molecule has 0 aliphatic heterocycles. The minimum Gasteiger partial charge on any atom is -0.497 e. The molecule has 8 heteroatoms. The van der Waals surface area contributed by atoms with E-state index in [9.17, 15) is 17.6 Å². The number of carbonyl (C=O) groups is 1. The Morgan fingerprint density at radius 2 is 1.73 bits per heavy atom. The summed E-state index contributed by atoms with van der Waals surface area (Å²) in [6.07, 6.45) is 0.118. The van der Waals surface area contributed by atoms with Gasteiger partial charge in [0, 0.05) is 5.69 Å². The van der Waals surface area contributed by atoms with E-state index < -0.39 is 15.8 Å². The Labute approximate surface area is 174 Å². The number of ether oxygens (including phenoxy) is 1. The summed E-state index contributed by atoms with van der Waals surface area (Å²) in [6, 6.07) is 17.1. The number of halogens is 1. The highest BCUT2D eigenvalue weighted by molar-refractivity contribution is 7.92. The molecule has 1 amide bonds. The van der Waals surface area contributed by atoms with Crippen LogP contribution < -0.4 is 14.8 Å². The second kappa shape index (κ2) is 8.96. The van der Waals surface area contributed by atoms with Crippen LogP contribution in [0, 0.1) is 12.7 Å². The van der Waals surface area contributed by atoms with Crippen LogP contribution in [-0.4, -0.2) is 21.4 Å². The number of nitrogens with one attached hydrogen (secondary N) is 2. The summed E-state index contributed by atoms with van der Waals surface area (Å²) in [5.41, 5.74) is 1.43. The first-order valence-electron chi connectivity index (χ1n) is 9.09. The second-order valence-corrected chi connectivity index (χ2v) is 8.29. The van der Waals surface area contributed by atoms with Crippen LogP contribution in [0.3, 0.4) is 0 Å². The number of para-hydroxylation sites is 1. The lowest BCUT2D eigenvalue weighted by molar-refractivity contribution is -0.115. The molecule has 2 N–H and O–H groups in total. The zero-order valence-electron chi connectivity index (χ0n) is 16.5. The van der Waals surface area contributed by atoms with Crippen molar-refractivity contribution in [2.24, 2.45) is 0 Å². The van der Waals surface area contributed by atoms with E-state index in [4.69, 9.17) is 4.74 Å². The molecule has 0 saturated heterocycles. The number of amides is 1. The van der Waals surface area contributed by atoms with Crippen LogP contribution in [-0.2, 0) is 21.2 Å². The number of anilines is 2. The van der Waals surface area contributed by atoms with E-state index in [0.717, 1.165) is 5.56 Å². The number of hydrogen-bond acceptors (Lipinski definition) is 4. The zero-order chi connectivity index (χ0) is 21.7. The summed E-state index contributed by atoms with van der Waals surface area (Å²) in [5, 5.41) is 2.70. The molecule has 3 aromatic rings. The molecule has 3 aromatic carbocycles. The van der Waals surface area contributed by atoms with Gasteiger partial charge in [0.2, 0.25) is 5.91 Å². The normalized spacial score (nSPS) is 11.0. The van der Waals surface area contributed by atoms with Gasteiger partial charge in [-0.3, -0.25) is 9.52 Å². The first-order valence-corrected chi connectivity index (χ1v) is 10.6.